The smallest absolute Gasteiger partial charge is 0.181 e. The van der Waals surface area contributed by atoms with Gasteiger partial charge in [-0.2, -0.15) is 10.2 Å². The highest BCUT2D eigenvalue weighted by molar-refractivity contribution is 6.20. The molecule has 0 bridgehead atoms. The lowest BCUT2D eigenvalue weighted by Crippen LogP contribution is -2.39. The van der Waals surface area contributed by atoms with E-state index in [2.05, 4.69) is 30.3 Å². The van der Waals surface area contributed by atoms with Crippen molar-refractivity contribution in [1.29, 1.82) is 0 Å². The van der Waals surface area contributed by atoms with Crippen LogP contribution in [0.4, 0.5) is 31.8 Å². The first-order chi connectivity index (χ1) is 16.8. The number of fused-ring (bicyclic) bond motifs is 1. The average molecular weight is 473 g/mol. The number of nitrogens with zero attached hydrogens (tertiary/aromatic N) is 7. The van der Waals surface area contributed by atoms with Crippen LogP contribution in [0.1, 0.15) is 24.7 Å². The minimum Gasteiger partial charge on any atom is -0.382 e. The molecule has 2 aromatic carbocycles. The second-order valence-corrected chi connectivity index (χ2v) is 8.34. The fraction of sp³-hybridized carbons (Fsp3) is 0.167. The number of benzene rings is 2. The Bertz CT molecular complexity index is 1390. The Morgan fingerprint density at radius 1 is 0.971 bits per heavy atom. The predicted octanol–water partition coefficient (Wildman–Crippen LogP) is 5.03. The maximum absolute atomic E-state index is 14.4. The van der Waals surface area contributed by atoms with Gasteiger partial charge in [0.2, 0.25) is 0 Å². The maximum atomic E-state index is 14.4. The highest BCUT2D eigenvalue weighted by Crippen LogP contribution is 2.42. The zero-order valence-electron chi connectivity index (χ0n) is 18.7. The number of hydrazone groups is 1. The highest BCUT2D eigenvalue weighted by Gasteiger charge is 2.49. The fourth-order valence-electron chi connectivity index (χ4n) is 4.05. The molecule has 1 aromatic heterocycles. The standard InChI is InChI=1S/C24H21F2N9/c1-24-11-15(25)12-29-23(24)35(13-14-7-5-6-10-17(14)26)34-19(24)22-30-20(27)18(21(28)31-22)33-32-16-8-3-2-4-9-16/h2-10,12H,11,13H2,1H3,(H4,27,28,30,31). The molecule has 0 saturated carbocycles. The summed E-state index contributed by atoms with van der Waals surface area (Å²) in [6.45, 7) is 1.87. The lowest BCUT2D eigenvalue weighted by atomic mass is 9.79. The number of aromatic nitrogens is 2. The van der Waals surface area contributed by atoms with E-state index in [0.717, 1.165) is 6.20 Å². The molecule has 1 unspecified atom stereocenters. The fourth-order valence-corrected chi connectivity index (χ4v) is 4.05. The number of nitrogens with two attached hydrogens (primary N) is 2. The molecule has 4 N–H and O–H groups in total. The van der Waals surface area contributed by atoms with Gasteiger partial charge < -0.3 is 11.5 Å². The van der Waals surface area contributed by atoms with Crippen molar-refractivity contribution in [3.05, 3.63) is 83.8 Å². The van der Waals surface area contributed by atoms with Crippen molar-refractivity contribution < 1.29 is 8.78 Å². The molecule has 9 nitrogen and oxygen atoms in total. The number of anilines is 2. The van der Waals surface area contributed by atoms with Crippen LogP contribution in [-0.2, 0) is 6.54 Å². The van der Waals surface area contributed by atoms with E-state index >= 15 is 0 Å². The van der Waals surface area contributed by atoms with Crippen LogP contribution in [0, 0.1) is 11.2 Å². The number of nitrogen functional groups attached to an aromatic ring is 2. The lowest BCUT2D eigenvalue weighted by molar-refractivity contribution is 0.406. The molecule has 5 rings (SSSR count). The van der Waals surface area contributed by atoms with Crippen LogP contribution in [0.5, 0.6) is 0 Å². The van der Waals surface area contributed by atoms with Gasteiger partial charge in [-0.25, -0.2) is 28.8 Å². The van der Waals surface area contributed by atoms with E-state index in [9.17, 15) is 8.78 Å². The summed E-state index contributed by atoms with van der Waals surface area (Å²) < 4.78 is 28.7. The van der Waals surface area contributed by atoms with E-state index in [1.165, 1.54) is 11.1 Å². The van der Waals surface area contributed by atoms with Crippen molar-refractivity contribution in [2.24, 2.45) is 25.7 Å². The molecule has 3 heterocycles. The van der Waals surface area contributed by atoms with E-state index in [4.69, 9.17) is 11.5 Å². The molecule has 0 aliphatic carbocycles. The summed E-state index contributed by atoms with van der Waals surface area (Å²) >= 11 is 0. The van der Waals surface area contributed by atoms with Crippen LogP contribution in [0.3, 0.4) is 0 Å². The van der Waals surface area contributed by atoms with Crippen molar-refractivity contribution in [1.82, 2.24) is 15.0 Å². The molecule has 0 amide bonds. The maximum Gasteiger partial charge on any atom is 0.181 e. The zero-order valence-corrected chi connectivity index (χ0v) is 18.7. The van der Waals surface area contributed by atoms with Crippen LogP contribution in [0.2, 0.25) is 0 Å². The number of rotatable bonds is 5. The average Bonchev–Trinajstić information content (AvgIpc) is 3.11. The van der Waals surface area contributed by atoms with Gasteiger partial charge in [-0.05, 0) is 25.1 Å². The molecule has 11 heteroatoms. The summed E-state index contributed by atoms with van der Waals surface area (Å²) in [6, 6.07) is 15.4. The third-order valence-electron chi connectivity index (χ3n) is 5.78. The SMILES string of the molecule is CC12CC(F)=CN=C1N(Cc1ccccc1F)N=C2c1nc(N)c(N=Nc2ccccc2)c(N)n1. The van der Waals surface area contributed by atoms with E-state index in [1.54, 1.807) is 37.3 Å². The van der Waals surface area contributed by atoms with Crippen molar-refractivity contribution >= 4 is 34.6 Å². The molecule has 0 spiro atoms. The Balaban J connectivity index is 1.53. The van der Waals surface area contributed by atoms with Gasteiger partial charge in [0, 0.05) is 12.0 Å². The molecule has 2 aliphatic heterocycles. The number of hydrogen-bond donors (Lipinski definition) is 2. The third kappa shape index (κ3) is 4.12. The van der Waals surface area contributed by atoms with Crippen molar-refractivity contribution in [2.75, 3.05) is 11.5 Å². The first-order valence-electron chi connectivity index (χ1n) is 10.8. The first-order valence-corrected chi connectivity index (χ1v) is 10.8. The number of halogens is 2. The van der Waals surface area contributed by atoms with Gasteiger partial charge in [0.05, 0.1) is 23.8 Å². The molecule has 2 aliphatic rings. The van der Waals surface area contributed by atoms with Crippen LogP contribution in [0.15, 0.2) is 86.9 Å². The van der Waals surface area contributed by atoms with Gasteiger partial charge >= 0.3 is 0 Å². The molecular formula is C24H21F2N9. The summed E-state index contributed by atoms with van der Waals surface area (Å²) in [5.74, 6) is -0.252. The van der Waals surface area contributed by atoms with Crippen molar-refractivity contribution in [3.63, 3.8) is 0 Å². The Labute approximate surface area is 199 Å². The molecular weight excluding hydrogens is 452 g/mol. The van der Waals surface area contributed by atoms with Gasteiger partial charge in [-0.1, -0.05) is 36.4 Å². The summed E-state index contributed by atoms with van der Waals surface area (Å²) in [4.78, 5) is 13.0. The second-order valence-electron chi connectivity index (χ2n) is 8.34. The first kappa shape index (κ1) is 22.3. The molecule has 35 heavy (non-hydrogen) atoms. The van der Waals surface area contributed by atoms with E-state index in [0.29, 0.717) is 22.8 Å². The van der Waals surface area contributed by atoms with Crippen LogP contribution in [-0.4, -0.2) is 26.5 Å². The summed E-state index contributed by atoms with van der Waals surface area (Å²) in [5.41, 5.74) is 12.8. The van der Waals surface area contributed by atoms with Gasteiger partial charge in [-0.15, -0.1) is 5.11 Å². The predicted molar refractivity (Wildman–Crippen MR) is 129 cm³/mol. The van der Waals surface area contributed by atoms with Crippen LogP contribution < -0.4 is 11.5 Å². The van der Waals surface area contributed by atoms with Gasteiger partial charge in [0.25, 0.3) is 0 Å². The number of amidine groups is 1. The van der Waals surface area contributed by atoms with Crippen LogP contribution in [0.25, 0.3) is 0 Å². The quantitative estimate of drug-likeness (QED) is 0.502. The number of azo groups is 1. The molecule has 3 aromatic rings. The topological polar surface area (TPSA) is 130 Å². The lowest BCUT2D eigenvalue weighted by Gasteiger charge is -2.29. The third-order valence-corrected chi connectivity index (χ3v) is 5.78. The summed E-state index contributed by atoms with van der Waals surface area (Å²) in [7, 11) is 0. The summed E-state index contributed by atoms with van der Waals surface area (Å²) in [6.07, 6.45) is 1.12. The van der Waals surface area contributed by atoms with Crippen molar-refractivity contribution in [3.8, 4) is 0 Å². The molecule has 0 saturated heterocycles. The number of aliphatic imine (C=N–C) groups is 1. The van der Waals surface area contributed by atoms with Crippen molar-refractivity contribution in [2.45, 2.75) is 19.9 Å². The minimum absolute atomic E-state index is 0.00338. The Morgan fingerprint density at radius 2 is 1.66 bits per heavy atom. The molecule has 176 valence electrons. The highest BCUT2D eigenvalue weighted by atomic mass is 19.1. The number of hydrogen-bond acceptors (Lipinski definition) is 9. The Hall–Kier alpha value is -4.54. The van der Waals surface area contributed by atoms with Crippen LogP contribution >= 0.6 is 0 Å². The van der Waals surface area contributed by atoms with E-state index < -0.39 is 11.2 Å². The van der Waals surface area contributed by atoms with E-state index in [-0.39, 0.29) is 41.9 Å². The normalized spacial score (nSPS) is 19.4. The van der Waals surface area contributed by atoms with Gasteiger partial charge in [0.1, 0.15) is 23.2 Å². The zero-order chi connectivity index (χ0) is 24.6. The van der Waals surface area contributed by atoms with Gasteiger partial charge in [0.15, 0.2) is 23.1 Å². The summed E-state index contributed by atoms with van der Waals surface area (Å²) in [5, 5.41) is 14.4. The van der Waals surface area contributed by atoms with E-state index in [1.807, 2.05) is 18.2 Å². The monoisotopic (exact) mass is 473 g/mol. The molecule has 0 fully saturated rings. The number of allylic oxidation sites excluding steroid dienone is 1. The largest absolute Gasteiger partial charge is 0.382 e. The molecule has 0 radical (unpaired) electrons. The Morgan fingerprint density at radius 3 is 2.37 bits per heavy atom. The second kappa shape index (κ2) is 8.67. The van der Waals surface area contributed by atoms with Gasteiger partial charge in [-0.3, -0.25) is 0 Å². The minimum atomic E-state index is -1.00. The molecule has 1 atom stereocenters. The Kier molecular flexibility index (Phi) is 5.51.